The number of rotatable bonds is 7. The van der Waals surface area contributed by atoms with Crippen molar-refractivity contribution in [1.82, 2.24) is 15.0 Å². The average Bonchev–Trinajstić information content (AvgIpc) is 3.28. The van der Waals surface area contributed by atoms with E-state index < -0.39 is 52.3 Å². The lowest BCUT2D eigenvalue weighted by atomic mass is 9.90. The van der Waals surface area contributed by atoms with Crippen LogP contribution in [0.4, 0.5) is 32.0 Å². The number of amides is 2. The Balaban J connectivity index is 1.73. The number of hydrogen-bond donors (Lipinski definition) is 2. The molecule has 7 nitrogen and oxygen atoms in total. The summed E-state index contributed by atoms with van der Waals surface area (Å²) in [5.41, 5.74) is -4.49. The van der Waals surface area contributed by atoms with Crippen molar-refractivity contribution < 1.29 is 41.0 Å². The first-order valence-electron chi connectivity index (χ1n) is 12.8. The van der Waals surface area contributed by atoms with E-state index in [-0.39, 0.29) is 16.8 Å². The molecule has 2 aromatic rings. The largest absolute Gasteiger partial charge is 0.509 e. The van der Waals surface area contributed by atoms with Crippen molar-refractivity contribution in [3.05, 3.63) is 59.1 Å². The van der Waals surface area contributed by atoms with Gasteiger partial charge < -0.3 is 10.4 Å². The van der Waals surface area contributed by atoms with Crippen LogP contribution in [-0.2, 0) is 21.9 Å². The second kappa shape index (κ2) is 10.8. The topological polar surface area (TPSA) is 85.8 Å². The predicted octanol–water partition coefficient (Wildman–Crippen LogP) is 6.34. The fourth-order valence-electron chi connectivity index (χ4n) is 5.10. The number of carbonyl (C=O) groups is 2. The van der Waals surface area contributed by atoms with Crippen LogP contribution in [0, 0.1) is 0 Å². The predicted molar refractivity (Wildman–Crippen MR) is 134 cm³/mol. The summed E-state index contributed by atoms with van der Waals surface area (Å²) in [6.07, 6.45) is -5.27. The van der Waals surface area contributed by atoms with Crippen molar-refractivity contribution in [1.29, 1.82) is 0 Å². The van der Waals surface area contributed by atoms with Crippen molar-refractivity contribution in [2.24, 2.45) is 0 Å². The number of aromatic nitrogens is 1. The number of hydrogen-bond acceptors (Lipinski definition) is 5. The number of aliphatic hydroxyl groups is 1. The molecule has 2 aliphatic rings. The van der Waals surface area contributed by atoms with Crippen LogP contribution >= 0.6 is 0 Å². The van der Waals surface area contributed by atoms with E-state index >= 15 is 0 Å². The number of alkyl halides is 6. The van der Waals surface area contributed by atoms with Crippen LogP contribution in [0.25, 0.3) is 11.1 Å². The van der Waals surface area contributed by atoms with E-state index in [9.17, 15) is 41.0 Å². The van der Waals surface area contributed by atoms with Gasteiger partial charge in [-0.1, -0.05) is 25.8 Å². The summed E-state index contributed by atoms with van der Waals surface area (Å²) in [6, 6.07) is 3.88. The Morgan fingerprint density at radius 2 is 1.82 bits per heavy atom. The zero-order chi connectivity index (χ0) is 29.5. The molecule has 1 atom stereocenters. The lowest BCUT2D eigenvalue weighted by Crippen LogP contribution is -2.61. The first kappa shape index (κ1) is 29.4. The highest BCUT2D eigenvalue weighted by Crippen LogP contribution is 2.42. The van der Waals surface area contributed by atoms with Crippen molar-refractivity contribution in [3.8, 4) is 11.1 Å². The third kappa shape index (κ3) is 5.51. The summed E-state index contributed by atoms with van der Waals surface area (Å²) in [4.78, 5) is 30.2. The van der Waals surface area contributed by atoms with Crippen LogP contribution in [0.15, 0.2) is 47.9 Å². The molecule has 0 radical (unpaired) electrons. The fraction of sp³-hybridized carbons (Fsp3) is 0.444. The molecule has 2 amide bonds. The third-order valence-corrected chi connectivity index (χ3v) is 7.25. The number of carbonyl (C=O) groups excluding carboxylic acids is 2. The van der Waals surface area contributed by atoms with Gasteiger partial charge in [-0.25, -0.2) is 5.01 Å². The molecule has 2 aliphatic heterocycles. The Kier molecular flexibility index (Phi) is 7.90. The molecule has 216 valence electrons. The van der Waals surface area contributed by atoms with Crippen LogP contribution in [0.3, 0.4) is 0 Å². The lowest BCUT2D eigenvalue weighted by molar-refractivity contribution is -0.158. The minimum Gasteiger partial charge on any atom is -0.509 e. The number of aliphatic hydroxyl groups excluding tert-OH is 1. The molecule has 1 aromatic heterocycles. The Morgan fingerprint density at radius 1 is 1.10 bits per heavy atom. The summed E-state index contributed by atoms with van der Waals surface area (Å²) in [7, 11) is 0. The van der Waals surface area contributed by atoms with Gasteiger partial charge in [0.15, 0.2) is 0 Å². The molecule has 1 fully saturated rings. The van der Waals surface area contributed by atoms with Crippen LogP contribution in [0.1, 0.15) is 57.2 Å². The molecule has 1 saturated heterocycles. The van der Waals surface area contributed by atoms with Gasteiger partial charge >= 0.3 is 12.4 Å². The maximum atomic E-state index is 13.5. The molecule has 1 aromatic carbocycles. The van der Waals surface area contributed by atoms with Gasteiger partial charge in [0, 0.05) is 36.1 Å². The van der Waals surface area contributed by atoms with Crippen LogP contribution in [0.5, 0.6) is 0 Å². The first-order chi connectivity index (χ1) is 18.7. The summed E-state index contributed by atoms with van der Waals surface area (Å²) in [5.74, 6) is -2.23. The van der Waals surface area contributed by atoms with E-state index in [0.717, 1.165) is 31.2 Å². The van der Waals surface area contributed by atoms with Crippen molar-refractivity contribution in [3.63, 3.8) is 0 Å². The molecular weight excluding hydrogens is 542 g/mol. The number of unbranched alkanes of at least 4 members (excludes halogenated alkanes) is 2. The number of nitrogens with one attached hydrogen (secondary N) is 1. The van der Waals surface area contributed by atoms with E-state index in [0.29, 0.717) is 50.6 Å². The van der Waals surface area contributed by atoms with Gasteiger partial charge in [0.05, 0.1) is 11.1 Å². The summed E-state index contributed by atoms with van der Waals surface area (Å²) in [5, 5.41) is 16.7. The summed E-state index contributed by atoms with van der Waals surface area (Å²) < 4.78 is 79.4. The van der Waals surface area contributed by atoms with Crippen molar-refractivity contribution in [2.75, 3.05) is 18.4 Å². The quantitative estimate of drug-likeness (QED) is 0.231. The van der Waals surface area contributed by atoms with E-state index in [4.69, 9.17) is 0 Å². The highest BCUT2D eigenvalue weighted by atomic mass is 19.4. The van der Waals surface area contributed by atoms with Gasteiger partial charge in [0.25, 0.3) is 11.8 Å². The van der Waals surface area contributed by atoms with Gasteiger partial charge in [-0.2, -0.15) is 26.3 Å². The number of hydrazine groups is 1. The fourth-order valence-corrected chi connectivity index (χ4v) is 5.10. The second-order valence-electron chi connectivity index (χ2n) is 10.0. The van der Waals surface area contributed by atoms with E-state index in [1.54, 1.807) is 11.9 Å². The highest BCUT2D eigenvalue weighted by molar-refractivity contribution is 6.24. The van der Waals surface area contributed by atoms with Gasteiger partial charge in [-0.3, -0.25) is 19.6 Å². The smallest absolute Gasteiger partial charge is 0.433 e. The van der Waals surface area contributed by atoms with Gasteiger partial charge in [0.1, 0.15) is 17.0 Å². The van der Waals surface area contributed by atoms with E-state index in [1.165, 1.54) is 5.01 Å². The Morgan fingerprint density at radius 3 is 2.42 bits per heavy atom. The summed E-state index contributed by atoms with van der Waals surface area (Å²) >= 11 is 0. The maximum Gasteiger partial charge on any atom is 0.433 e. The normalized spacial score (nSPS) is 20.2. The molecule has 40 heavy (non-hydrogen) atoms. The third-order valence-electron chi connectivity index (χ3n) is 7.25. The molecule has 2 N–H and O–H groups in total. The van der Waals surface area contributed by atoms with Crippen LogP contribution < -0.4 is 5.32 Å². The number of halogens is 6. The minimum absolute atomic E-state index is 0.127. The lowest BCUT2D eigenvalue weighted by Gasteiger charge is -2.46. The van der Waals surface area contributed by atoms with Gasteiger partial charge in [-0.05, 0) is 50.5 Å². The molecule has 13 heteroatoms. The number of pyridine rings is 1. The highest BCUT2D eigenvalue weighted by Gasteiger charge is 2.52. The molecule has 0 bridgehead atoms. The van der Waals surface area contributed by atoms with Gasteiger partial charge in [0.2, 0.25) is 0 Å². The molecule has 0 spiro atoms. The molecule has 0 saturated carbocycles. The second-order valence-corrected chi connectivity index (χ2v) is 10.0. The van der Waals surface area contributed by atoms with Crippen molar-refractivity contribution in [2.45, 2.75) is 63.8 Å². The average molecular weight is 571 g/mol. The number of fused-ring (bicyclic) bond motifs is 1. The molecule has 3 heterocycles. The standard InChI is InChI=1S/C27H28F6N4O3/c1-3-4-5-12-36-24(40)21(22(38)25(2)11-6-13-37(25)36)23(39)35-19-9-8-17(26(28,29)30)14-18(19)16-7-10-20(34-15-16)27(31,32)33/h7-10,14-15,38H,3-6,11-13H2,1-2H3,(H,35,39)/t25-/m1/s1. The van der Waals surface area contributed by atoms with E-state index in [2.05, 4.69) is 10.3 Å². The van der Waals surface area contributed by atoms with Crippen LogP contribution in [-0.4, -0.2) is 50.6 Å². The SMILES string of the molecule is CCCCCN1C(=O)C(C(=O)Nc2ccc(C(F)(F)F)cc2-c2ccc(C(F)(F)F)nc2)=C(O)[C@@]2(C)CCCN12. The Hall–Kier alpha value is -3.61. The molecule has 4 rings (SSSR count). The Labute approximate surface area is 226 Å². The van der Waals surface area contributed by atoms with Gasteiger partial charge in [-0.15, -0.1) is 0 Å². The maximum absolute atomic E-state index is 13.5. The first-order valence-corrected chi connectivity index (χ1v) is 12.8. The van der Waals surface area contributed by atoms with E-state index in [1.807, 2.05) is 6.92 Å². The minimum atomic E-state index is -4.78. The van der Waals surface area contributed by atoms with Crippen molar-refractivity contribution >= 4 is 17.5 Å². The molecular formula is C27H28F6N4O3. The molecule has 0 unspecified atom stereocenters. The zero-order valence-corrected chi connectivity index (χ0v) is 21.8. The number of anilines is 1. The molecule has 0 aliphatic carbocycles. The number of benzene rings is 1. The zero-order valence-electron chi connectivity index (χ0n) is 21.8. The number of nitrogens with zero attached hydrogens (tertiary/aromatic N) is 3. The summed E-state index contributed by atoms with van der Waals surface area (Å²) in [6.45, 7) is 4.52. The Bertz CT molecular complexity index is 1320. The monoisotopic (exact) mass is 570 g/mol. The van der Waals surface area contributed by atoms with Crippen LogP contribution in [0.2, 0.25) is 0 Å².